The van der Waals surface area contributed by atoms with Crippen LogP contribution < -0.4 is 9.47 Å². The average Bonchev–Trinajstić information content (AvgIpc) is 2.36. The van der Waals surface area contributed by atoms with Gasteiger partial charge in [-0.05, 0) is 35.0 Å². The molecule has 2 rings (SSSR count). The van der Waals surface area contributed by atoms with E-state index in [9.17, 15) is 4.79 Å². The monoisotopic (exact) mass is 216 g/mol. The summed E-state index contributed by atoms with van der Waals surface area (Å²) in [6, 6.07) is 9.22. The first kappa shape index (κ1) is 10.5. The Morgan fingerprint density at radius 3 is 2.38 bits per heavy atom. The molecular formula is C13H12O3. The molecule has 0 aliphatic rings. The Morgan fingerprint density at radius 1 is 1.00 bits per heavy atom. The fourth-order valence-corrected chi connectivity index (χ4v) is 1.68. The molecule has 0 amide bonds. The number of fused-ring (bicyclic) bond motifs is 1. The number of hydrogen-bond donors (Lipinski definition) is 0. The summed E-state index contributed by atoms with van der Waals surface area (Å²) in [6.45, 7) is 0. The standard InChI is InChI=1S/C13H12O3/c1-15-11-4-3-9-5-12(16-2)6-10(8-14)13(9)7-11/h3-8H,1-2H3. The van der Waals surface area contributed by atoms with E-state index < -0.39 is 0 Å². The summed E-state index contributed by atoms with van der Waals surface area (Å²) in [5.41, 5.74) is 0.605. The molecule has 3 heteroatoms. The van der Waals surface area contributed by atoms with Crippen molar-refractivity contribution in [2.45, 2.75) is 0 Å². The van der Waals surface area contributed by atoms with E-state index in [1.165, 1.54) is 0 Å². The van der Waals surface area contributed by atoms with E-state index in [0.717, 1.165) is 22.8 Å². The van der Waals surface area contributed by atoms with E-state index in [4.69, 9.17) is 9.47 Å². The van der Waals surface area contributed by atoms with Crippen molar-refractivity contribution in [3.63, 3.8) is 0 Å². The maximum Gasteiger partial charge on any atom is 0.150 e. The van der Waals surface area contributed by atoms with Crippen molar-refractivity contribution < 1.29 is 14.3 Å². The van der Waals surface area contributed by atoms with Crippen LogP contribution in [0.15, 0.2) is 30.3 Å². The van der Waals surface area contributed by atoms with Crippen LogP contribution in [0.25, 0.3) is 10.8 Å². The Kier molecular flexibility index (Phi) is 2.77. The minimum atomic E-state index is 0.605. The van der Waals surface area contributed by atoms with Crippen molar-refractivity contribution in [1.29, 1.82) is 0 Å². The van der Waals surface area contributed by atoms with E-state index in [-0.39, 0.29) is 0 Å². The van der Waals surface area contributed by atoms with Crippen LogP contribution in [0.2, 0.25) is 0 Å². The summed E-state index contributed by atoms with van der Waals surface area (Å²) in [7, 11) is 3.19. The van der Waals surface area contributed by atoms with Crippen molar-refractivity contribution in [2.24, 2.45) is 0 Å². The van der Waals surface area contributed by atoms with Gasteiger partial charge in [-0.3, -0.25) is 4.79 Å². The van der Waals surface area contributed by atoms with Gasteiger partial charge in [0.05, 0.1) is 14.2 Å². The fraction of sp³-hybridized carbons (Fsp3) is 0.154. The van der Waals surface area contributed by atoms with E-state index in [0.29, 0.717) is 11.3 Å². The Bertz CT molecular complexity index is 532. The predicted molar refractivity (Wildman–Crippen MR) is 62.4 cm³/mol. The van der Waals surface area contributed by atoms with Gasteiger partial charge in [0.1, 0.15) is 11.5 Å². The number of ether oxygens (including phenoxy) is 2. The average molecular weight is 216 g/mol. The topological polar surface area (TPSA) is 35.5 Å². The fourth-order valence-electron chi connectivity index (χ4n) is 1.68. The minimum Gasteiger partial charge on any atom is -0.497 e. The molecule has 16 heavy (non-hydrogen) atoms. The third-order valence-corrected chi connectivity index (χ3v) is 2.53. The largest absolute Gasteiger partial charge is 0.497 e. The third-order valence-electron chi connectivity index (χ3n) is 2.53. The molecule has 0 saturated heterocycles. The summed E-state index contributed by atoms with van der Waals surface area (Å²) in [4.78, 5) is 11.0. The highest BCUT2D eigenvalue weighted by atomic mass is 16.5. The SMILES string of the molecule is COc1cc(C=O)c2cc(OC)ccc2c1. The molecule has 3 nitrogen and oxygen atoms in total. The lowest BCUT2D eigenvalue weighted by Gasteiger charge is -2.07. The third kappa shape index (κ3) is 1.72. The van der Waals surface area contributed by atoms with E-state index in [1.807, 2.05) is 24.3 Å². The lowest BCUT2D eigenvalue weighted by molar-refractivity contribution is 0.112. The van der Waals surface area contributed by atoms with E-state index >= 15 is 0 Å². The van der Waals surface area contributed by atoms with Gasteiger partial charge in [0.15, 0.2) is 6.29 Å². The second-order valence-electron chi connectivity index (χ2n) is 3.42. The van der Waals surface area contributed by atoms with Crippen LogP contribution in [0.4, 0.5) is 0 Å². The highest BCUT2D eigenvalue weighted by Gasteiger charge is 2.05. The van der Waals surface area contributed by atoms with Gasteiger partial charge in [0, 0.05) is 5.56 Å². The molecule has 0 unspecified atom stereocenters. The van der Waals surface area contributed by atoms with Crippen LogP contribution in [0.1, 0.15) is 10.4 Å². The number of hydrogen-bond acceptors (Lipinski definition) is 3. The number of aldehydes is 1. The summed E-state index contributed by atoms with van der Waals surface area (Å²) in [5.74, 6) is 1.42. The Balaban J connectivity index is 2.73. The van der Waals surface area contributed by atoms with Crippen molar-refractivity contribution in [3.8, 4) is 11.5 Å². The zero-order chi connectivity index (χ0) is 11.5. The zero-order valence-electron chi connectivity index (χ0n) is 9.19. The summed E-state index contributed by atoms with van der Waals surface area (Å²) in [5, 5.41) is 1.83. The van der Waals surface area contributed by atoms with Crippen LogP contribution in [-0.2, 0) is 0 Å². The lowest BCUT2D eigenvalue weighted by atomic mass is 10.0. The van der Waals surface area contributed by atoms with Crippen LogP contribution >= 0.6 is 0 Å². The number of benzene rings is 2. The second kappa shape index (κ2) is 4.23. The summed E-state index contributed by atoms with van der Waals surface area (Å²) in [6.07, 6.45) is 0.824. The van der Waals surface area contributed by atoms with Gasteiger partial charge >= 0.3 is 0 Å². The van der Waals surface area contributed by atoms with Crippen LogP contribution in [0, 0.1) is 0 Å². The first-order valence-corrected chi connectivity index (χ1v) is 4.89. The van der Waals surface area contributed by atoms with Crippen molar-refractivity contribution in [1.82, 2.24) is 0 Å². The maximum atomic E-state index is 11.0. The van der Waals surface area contributed by atoms with E-state index in [1.54, 1.807) is 20.3 Å². The number of rotatable bonds is 3. The first-order chi connectivity index (χ1) is 7.78. The molecule has 2 aromatic rings. The van der Waals surface area contributed by atoms with Gasteiger partial charge in [-0.2, -0.15) is 0 Å². The molecule has 0 aromatic heterocycles. The first-order valence-electron chi connectivity index (χ1n) is 4.89. The summed E-state index contributed by atoms with van der Waals surface area (Å²) < 4.78 is 10.3. The van der Waals surface area contributed by atoms with Gasteiger partial charge in [-0.25, -0.2) is 0 Å². The molecular weight excluding hydrogens is 204 g/mol. The van der Waals surface area contributed by atoms with Gasteiger partial charge < -0.3 is 9.47 Å². The molecule has 0 N–H and O–H groups in total. The Labute approximate surface area is 93.6 Å². The smallest absolute Gasteiger partial charge is 0.150 e. The highest BCUT2D eigenvalue weighted by Crippen LogP contribution is 2.27. The second-order valence-corrected chi connectivity index (χ2v) is 3.42. The molecule has 0 bridgehead atoms. The quantitative estimate of drug-likeness (QED) is 0.740. The molecule has 0 heterocycles. The summed E-state index contributed by atoms with van der Waals surface area (Å²) >= 11 is 0. The van der Waals surface area contributed by atoms with Crippen LogP contribution in [-0.4, -0.2) is 20.5 Å². The number of methoxy groups -OCH3 is 2. The maximum absolute atomic E-state index is 11.0. The van der Waals surface area contributed by atoms with Crippen LogP contribution in [0.5, 0.6) is 11.5 Å². The predicted octanol–water partition coefficient (Wildman–Crippen LogP) is 2.67. The van der Waals surface area contributed by atoms with Crippen molar-refractivity contribution >= 4 is 17.1 Å². The molecule has 0 radical (unpaired) electrons. The molecule has 0 aliphatic heterocycles. The van der Waals surface area contributed by atoms with Gasteiger partial charge in [-0.1, -0.05) is 6.07 Å². The van der Waals surface area contributed by atoms with Crippen molar-refractivity contribution in [2.75, 3.05) is 14.2 Å². The number of carbonyl (C=O) groups excluding carboxylic acids is 1. The lowest BCUT2D eigenvalue weighted by Crippen LogP contribution is -1.90. The molecule has 0 spiro atoms. The molecule has 0 aliphatic carbocycles. The molecule has 2 aromatic carbocycles. The molecule has 0 fully saturated rings. The zero-order valence-corrected chi connectivity index (χ0v) is 9.19. The van der Waals surface area contributed by atoms with Crippen LogP contribution in [0.3, 0.4) is 0 Å². The van der Waals surface area contributed by atoms with Crippen molar-refractivity contribution in [3.05, 3.63) is 35.9 Å². The van der Waals surface area contributed by atoms with Gasteiger partial charge in [0.2, 0.25) is 0 Å². The highest BCUT2D eigenvalue weighted by molar-refractivity contribution is 5.99. The number of carbonyl (C=O) groups is 1. The Hall–Kier alpha value is -2.03. The van der Waals surface area contributed by atoms with Gasteiger partial charge in [-0.15, -0.1) is 0 Å². The molecule has 0 atom stereocenters. The molecule has 82 valence electrons. The minimum absolute atomic E-state index is 0.605. The van der Waals surface area contributed by atoms with E-state index in [2.05, 4.69) is 0 Å². The van der Waals surface area contributed by atoms with Gasteiger partial charge in [0.25, 0.3) is 0 Å². The Morgan fingerprint density at radius 2 is 1.75 bits per heavy atom. The normalized spacial score (nSPS) is 10.1. The molecule has 0 saturated carbocycles.